The Kier molecular flexibility index (Phi) is 3.48. The summed E-state index contributed by atoms with van der Waals surface area (Å²) in [6, 6.07) is 9.58. The maximum Gasteiger partial charge on any atom is 0.0359 e. The Balaban J connectivity index is 2.01. The zero-order valence-corrected chi connectivity index (χ0v) is 11.2. The highest BCUT2D eigenvalue weighted by molar-refractivity contribution is 7.99. The molecule has 1 aliphatic heterocycles. The van der Waals surface area contributed by atoms with Gasteiger partial charge in [0.25, 0.3) is 0 Å². The van der Waals surface area contributed by atoms with Gasteiger partial charge in [-0.05, 0) is 35.3 Å². The molecule has 0 aromatic heterocycles. The Hall–Kier alpha value is -0.630. The zero-order valence-electron chi connectivity index (χ0n) is 10.4. The summed E-state index contributed by atoms with van der Waals surface area (Å²) in [6.07, 6.45) is 1.30. The minimum absolute atomic E-state index is 0.252. The van der Waals surface area contributed by atoms with E-state index < -0.39 is 0 Å². The zero-order chi connectivity index (χ0) is 11.6. The Bertz CT molecular complexity index is 331. The van der Waals surface area contributed by atoms with E-state index in [9.17, 15) is 0 Å². The van der Waals surface area contributed by atoms with Gasteiger partial charge >= 0.3 is 0 Å². The molecule has 1 unspecified atom stereocenters. The SMILES string of the molecule is CC(C)(C)c1ccc(NC2CCSC2)cc1. The highest BCUT2D eigenvalue weighted by Crippen LogP contribution is 2.25. The van der Waals surface area contributed by atoms with Gasteiger partial charge in [0.05, 0.1) is 0 Å². The molecule has 0 spiro atoms. The van der Waals surface area contributed by atoms with Gasteiger partial charge in [0.15, 0.2) is 0 Å². The number of benzene rings is 1. The Morgan fingerprint density at radius 1 is 1.19 bits per heavy atom. The molecule has 1 aliphatic rings. The third-order valence-electron chi connectivity index (χ3n) is 3.05. The van der Waals surface area contributed by atoms with Crippen molar-refractivity contribution in [1.29, 1.82) is 0 Å². The second kappa shape index (κ2) is 4.70. The van der Waals surface area contributed by atoms with E-state index in [2.05, 4.69) is 50.4 Å². The molecule has 16 heavy (non-hydrogen) atoms. The first-order valence-corrected chi connectivity index (χ1v) is 7.16. The van der Waals surface area contributed by atoms with E-state index in [1.54, 1.807) is 0 Å². The van der Waals surface area contributed by atoms with Gasteiger partial charge in [0, 0.05) is 17.5 Å². The fourth-order valence-corrected chi connectivity index (χ4v) is 3.10. The van der Waals surface area contributed by atoms with Gasteiger partial charge < -0.3 is 5.32 Å². The van der Waals surface area contributed by atoms with Crippen molar-refractivity contribution in [3.05, 3.63) is 29.8 Å². The van der Waals surface area contributed by atoms with Crippen LogP contribution in [0.1, 0.15) is 32.8 Å². The van der Waals surface area contributed by atoms with Crippen LogP contribution in [0.25, 0.3) is 0 Å². The van der Waals surface area contributed by atoms with Crippen molar-refractivity contribution in [2.24, 2.45) is 0 Å². The molecule has 1 aromatic rings. The van der Waals surface area contributed by atoms with E-state index in [-0.39, 0.29) is 5.41 Å². The van der Waals surface area contributed by atoms with Crippen LogP contribution in [0.5, 0.6) is 0 Å². The lowest BCUT2D eigenvalue weighted by Gasteiger charge is -2.20. The van der Waals surface area contributed by atoms with Crippen LogP contribution in [0.4, 0.5) is 5.69 Å². The monoisotopic (exact) mass is 235 g/mol. The first-order valence-electron chi connectivity index (χ1n) is 6.00. The average Bonchev–Trinajstić information content (AvgIpc) is 2.70. The van der Waals surface area contributed by atoms with E-state index in [1.165, 1.54) is 29.2 Å². The van der Waals surface area contributed by atoms with E-state index in [0.717, 1.165) is 0 Å². The molecule has 2 rings (SSSR count). The summed E-state index contributed by atoms with van der Waals surface area (Å²) in [7, 11) is 0. The molecule has 1 N–H and O–H groups in total. The van der Waals surface area contributed by atoms with Crippen LogP contribution in [0.2, 0.25) is 0 Å². The smallest absolute Gasteiger partial charge is 0.0359 e. The lowest BCUT2D eigenvalue weighted by molar-refractivity contribution is 0.590. The van der Waals surface area contributed by atoms with Crippen LogP contribution in [0, 0.1) is 0 Å². The number of hydrogen-bond acceptors (Lipinski definition) is 2. The molecule has 0 amide bonds. The standard InChI is InChI=1S/C14H21NS/c1-14(2,3)11-4-6-12(7-5-11)15-13-8-9-16-10-13/h4-7,13,15H,8-10H2,1-3H3. The second-order valence-electron chi connectivity index (χ2n) is 5.53. The first kappa shape index (κ1) is 11.8. The van der Waals surface area contributed by atoms with Gasteiger partial charge in [-0.3, -0.25) is 0 Å². The van der Waals surface area contributed by atoms with Crippen LogP contribution in [-0.4, -0.2) is 17.5 Å². The Morgan fingerprint density at radius 2 is 1.88 bits per heavy atom. The van der Waals surface area contributed by atoms with Gasteiger partial charge in [-0.2, -0.15) is 11.8 Å². The van der Waals surface area contributed by atoms with Crippen LogP contribution < -0.4 is 5.32 Å². The van der Waals surface area contributed by atoms with Crippen molar-refractivity contribution in [2.45, 2.75) is 38.6 Å². The summed E-state index contributed by atoms with van der Waals surface area (Å²) in [5.74, 6) is 2.55. The van der Waals surface area contributed by atoms with Crippen molar-refractivity contribution >= 4 is 17.4 Å². The molecule has 0 saturated carbocycles. The number of thioether (sulfide) groups is 1. The van der Waals surface area contributed by atoms with Gasteiger partial charge in [0.2, 0.25) is 0 Å². The molecule has 2 heteroatoms. The third kappa shape index (κ3) is 2.94. The van der Waals surface area contributed by atoms with Crippen molar-refractivity contribution in [3.63, 3.8) is 0 Å². The van der Waals surface area contributed by atoms with Crippen LogP contribution in [0.15, 0.2) is 24.3 Å². The maximum atomic E-state index is 3.60. The second-order valence-corrected chi connectivity index (χ2v) is 6.68. The van der Waals surface area contributed by atoms with Crippen LogP contribution in [-0.2, 0) is 5.41 Å². The predicted octanol–water partition coefficient (Wildman–Crippen LogP) is 3.90. The molecule has 1 saturated heterocycles. The maximum absolute atomic E-state index is 3.60. The summed E-state index contributed by atoms with van der Waals surface area (Å²) in [5.41, 5.74) is 2.92. The molecule has 88 valence electrons. The minimum Gasteiger partial charge on any atom is -0.381 e. The van der Waals surface area contributed by atoms with Crippen LogP contribution in [0.3, 0.4) is 0 Å². The molecule has 1 aromatic carbocycles. The number of nitrogens with one attached hydrogen (secondary N) is 1. The van der Waals surface area contributed by atoms with E-state index in [4.69, 9.17) is 0 Å². The third-order valence-corrected chi connectivity index (χ3v) is 4.21. The first-order chi connectivity index (χ1) is 7.55. The summed E-state index contributed by atoms with van der Waals surface area (Å²) < 4.78 is 0. The average molecular weight is 235 g/mol. The number of anilines is 1. The lowest BCUT2D eigenvalue weighted by Crippen LogP contribution is -2.18. The minimum atomic E-state index is 0.252. The summed E-state index contributed by atoms with van der Waals surface area (Å²) in [5, 5.41) is 3.60. The fraction of sp³-hybridized carbons (Fsp3) is 0.571. The van der Waals surface area contributed by atoms with Crippen molar-refractivity contribution < 1.29 is 0 Å². The normalized spacial score (nSPS) is 21.1. The van der Waals surface area contributed by atoms with E-state index in [1.807, 2.05) is 11.8 Å². The highest BCUT2D eigenvalue weighted by atomic mass is 32.2. The van der Waals surface area contributed by atoms with E-state index >= 15 is 0 Å². The van der Waals surface area contributed by atoms with E-state index in [0.29, 0.717) is 6.04 Å². The predicted molar refractivity (Wildman–Crippen MR) is 74.5 cm³/mol. The molecule has 0 radical (unpaired) electrons. The fourth-order valence-electron chi connectivity index (χ4n) is 1.95. The summed E-state index contributed by atoms with van der Waals surface area (Å²) in [6.45, 7) is 6.76. The Labute approximate surface area is 103 Å². The molecule has 0 bridgehead atoms. The van der Waals surface area contributed by atoms with Crippen molar-refractivity contribution in [1.82, 2.24) is 0 Å². The van der Waals surface area contributed by atoms with Gasteiger partial charge in [-0.1, -0.05) is 32.9 Å². The largest absolute Gasteiger partial charge is 0.381 e. The highest BCUT2D eigenvalue weighted by Gasteiger charge is 2.16. The van der Waals surface area contributed by atoms with Gasteiger partial charge in [-0.25, -0.2) is 0 Å². The lowest BCUT2D eigenvalue weighted by atomic mass is 9.87. The topological polar surface area (TPSA) is 12.0 Å². The van der Waals surface area contributed by atoms with Crippen LogP contribution >= 0.6 is 11.8 Å². The summed E-state index contributed by atoms with van der Waals surface area (Å²) in [4.78, 5) is 0. The van der Waals surface area contributed by atoms with Gasteiger partial charge in [-0.15, -0.1) is 0 Å². The van der Waals surface area contributed by atoms with Gasteiger partial charge in [0.1, 0.15) is 0 Å². The molecular formula is C14H21NS. The molecule has 1 nitrogen and oxygen atoms in total. The molecule has 1 atom stereocenters. The Morgan fingerprint density at radius 3 is 2.38 bits per heavy atom. The molecule has 0 aliphatic carbocycles. The quantitative estimate of drug-likeness (QED) is 0.834. The van der Waals surface area contributed by atoms with Crippen molar-refractivity contribution in [2.75, 3.05) is 16.8 Å². The molecule has 1 fully saturated rings. The number of rotatable bonds is 2. The number of hydrogen-bond donors (Lipinski definition) is 1. The molecular weight excluding hydrogens is 214 g/mol. The van der Waals surface area contributed by atoms with Crippen molar-refractivity contribution in [3.8, 4) is 0 Å². The summed E-state index contributed by atoms with van der Waals surface area (Å²) >= 11 is 2.05. The molecule has 1 heterocycles.